The zero-order valence-corrected chi connectivity index (χ0v) is 15.4. The number of nitrogens with zero attached hydrogens (tertiary/aromatic N) is 3. The van der Waals surface area contributed by atoms with Crippen LogP contribution in [0, 0.1) is 6.92 Å². The summed E-state index contributed by atoms with van der Waals surface area (Å²) in [5.41, 5.74) is 1.50. The second-order valence-corrected chi connectivity index (χ2v) is 7.53. The lowest BCUT2D eigenvalue weighted by molar-refractivity contribution is 0.0497. The predicted octanol–water partition coefficient (Wildman–Crippen LogP) is 3.43. The highest BCUT2D eigenvalue weighted by molar-refractivity contribution is 5.81. The molecule has 2 aromatic rings. The molecule has 0 radical (unpaired) electrons. The molecular weight excluding hydrogens is 316 g/mol. The van der Waals surface area contributed by atoms with E-state index in [1.165, 1.54) is 0 Å². The van der Waals surface area contributed by atoms with E-state index in [0.29, 0.717) is 0 Å². The second-order valence-electron chi connectivity index (χ2n) is 7.53. The van der Waals surface area contributed by atoms with E-state index in [4.69, 9.17) is 9.72 Å². The molecule has 1 N–H and O–H groups in total. The van der Waals surface area contributed by atoms with Crippen molar-refractivity contribution in [2.75, 3.05) is 18.0 Å². The number of fused-ring (bicyclic) bond motifs is 1. The lowest BCUT2D eigenvalue weighted by atomic mass is 10.1. The van der Waals surface area contributed by atoms with Crippen molar-refractivity contribution in [1.82, 2.24) is 15.3 Å². The van der Waals surface area contributed by atoms with Gasteiger partial charge in [0.25, 0.3) is 0 Å². The highest BCUT2D eigenvalue weighted by Gasteiger charge is 2.25. The topological polar surface area (TPSA) is 67.4 Å². The van der Waals surface area contributed by atoms with Gasteiger partial charge in [0, 0.05) is 24.5 Å². The maximum absolute atomic E-state index is 11.9. The van der Waals surface area contributed by atoms with Gasteiger partial charge in [-0.05, 0) is 46.6 Å². The van der Waals surface area contributed by atoms with E-state index in [0.717, 1.165) is 48.5 Å². The first-order chi connectivity index (χ1) is 11.8. The van der Waals surface area contributed by atoms with Gasteiger partial charge in [-0.25, -0.2) is 14.8 Å². The van der Waals surface area contributed by atoms with Crippen molar-refractivity contribution in [3.05, 3.63) is 30.0 Å². The fraction of sp³-hybridized carbons (Fsp3) is 0.526. The Hall–Kier alpha value is -2.37. The number of piperidine rings is 1. The molecule has 0 atom stereocenters. The molecule has 1 aliphatic heterocycles. The third-order valence-corrected chi connectivity index (χ3v) is 4.28. The molecule has 134 valence electrons. The van der Waals surface area contributed by atoms with Crippen molar-refractivity contribution in [1.29, 1.82) is 0 Å². The average Bonchev–Trinajstić information content (AvgIpc) is 2.53. The van der Waals surface area contributed by atoms with E-state index < -0.39 is 5.60 Å². The summed E-state index contributed by atoms with van der Waals surface area (Å²) in [6, 6.07) is 8.20. The largest absolute Gasteiger partial charge is 0.444 e. The van der Waals surface area contributed by atoms with Crippen LogP contribution >= 0.6 is 0 Å². The van der Waals surface area contributed by atoms with E-state index in [1.807, 2.05) is 52.0 Å². The molecule has 3 rings (SSSR count). The monoisotopic (exact) mass is 342 g/mol. The maximum atomic E-state index is 11.9. The van der Waals surface area contributed by atoms with E-state index in [9.17, 15) is 4.79 Å². The first-order valence-electron chi connectivity index (χ1n) is 8.80. The number of rotatable bonds is 2. The van der Waals surface area contributed by atoms with Gasteiger partial charge in [0.15, 0.2) is 0 Å². The molecule has 6 nitrogen and oxygen atoms in total. The van der Waals surface area contributed by atoms with Crippen molar-refractivity contribution in [3.63, 3.8) is 0 Å². The number of benzene rings is 1. The smallest absolute Gasteiger partial charge is 0.407 e. The highest BCUT2D eigenvalue weighted by atomic mass is 16.6. The van der Waals surface area contributed by atoms with Crippen LogP contribution in [0.3, 0.4) is 0 Å². The van der Waals surface area contributed by atoms with E-state index in [-0.39, 0.29) is 12.1 Å². The Morgan fingerprint density at radius 3 is 2.56 bits per heavy atom. The van der Waals surface area contributed by atoms with Crippen LogP contribution in [0.5, 0.6) is 0 Å². The molecule has 2 heterocycles. The van der Waals surface area contributed by atoms with E-state index in [1.54, 1.807) is 0 Å². The number of amides is 1. The van der Waals surface area contributed by atoms with Crippen molar-refractivity contribution in [2.45, 2.75) is 52.2 Å². The average molecular weight is 342 g/mol. The first kappa shape index (κ1) is 17.5. The summed E-state index contributed by atoms with van der Waals surface area (Å²) in [4.78, 5) is 23.4. The SMILES string of the molecule is Cc1nc(N2CCC(NC(=O)OC(C)(C)C)CC2)nc2ccccc12. The lowest BCUT2D eigenvalue weighted by Crippen LogP contribution is -2.46. The number of carbonyl (C=O) groups excluding carboxylic acids is 1. The van der Waals surface area contributed by atoms with Gasteiger partial charge in [-0.15, -0.1) is 0 Å². The maximum Gasteiger partial charge on any atom is 0.407 e. The van der Waals surface area contributed by atoms with Crippen LogP contribution in [0.15, 0.2) is 24.3 Å². The standard InChI is InChI=1S/C19H26N4O2/c1-13-15-7-5-6-8-16(15)22-17(20-13)23-11-9-14(10-12-23)21-18(24)25-19(2,3)4/h5-8,14H,9-12H2,1-4H3,(H,21,24). The van der Waals surface area contributed by atoms with Crippen LogP contribution in [-0.4, -0.2) is 40.8 Å². The van der Waals surface area contributed by atoms with Crippen LogP contribution in [-0.2, 0) is 4.74 Å². The predicted molar refractivity (Wildman–Crippen MR) is 98.9 cm³/mol. The fourth-order valence-corrected chi connectivity index (χ4v) is 3.06. The molecule has 1 amide bonds. The highest BCUT2D eigenvalue weighted by Crippen LogP contribution is 2.22. The third-order valence-electron chi connectivity index (χ3n) is 4.28. The summed E-state index contributed by atoms with van der Waals surface area (Å²) in [6.45, 7) is 9.26. The molecule has 0 bridgehead atoms. The van der Waals surface area contributed by atoms with Gasteiger partial charge in [0.2, 0.25) is 5.95 Å². The number of hydrogen-bond acceptors (Lipinski definition) is 5. The Balaban J connectivity index is 1.62. The van der Waals surface area contributed by atoms with Crippen LogP contribution < -0.4 is 10.2 Å². The Morgan fingerprint density at radius 2 is 1.88 bits per heavy atom. The molecule has 1 aromatic heterocycles. The zero-order chi connectivity index (χ0) is 18.0. The van der Waals surface area contributed by atoms with Gasteiger partial charge in [0.05, 0.1) is 11.2 Å². The Morgan fingerprint density at radius 1 is 1.20 bits per heavy atom. The van der Waals surface area contributed by atoms with Crippen LogP contribution in [0.4, 0.5) is 10.7 Å². The normalized spacial score (nSPS) is 16.1. The number of aryl methyl sites for hydroxylation is 1. The summed E-state index contributed by atoms with van der Waals surface area (Å²) >= 11 is 0. The molecule has 0 saturated carbocycles. The van der Waals surface area contributed by atoms with Crippen LogP contribution in [0.2, 0.25) is 0 Å². The fourth-order valence-electron chi connectivity index (χ4n) is 3.06. The zero-order valence-electron chi connectivity index (χ0n) is 15.4. The second kappa shape index (κ2) is 6.86. The van der Waals surface area contributed by atoms with Crippen LogP contribution in [0.1, 0.15) is 39.3 Å². The van der Waals surface area contributed by atoms with Gasteiger partial charge in [-0.1, -0.05) is 18.2 Å². The lowest BCUT2D eigenvalue weighted by Gasteiger charge is -2.33. The van der Waals surface area contributed by atoms with Crippen molar-refractivity contribution >= 4 is 22.9 Å². The number of hydrogen-bond donors (Lipinski definition) is 1. The van der Waals surface area contributed by atoms with Gasteiger partial charge in [-0.3, -0.25) is 0 Å². The molecule has 1 saturated heterocycles. The number of carbonyl (C=O) groups is 1. The number of alkyl carbamates (subject to hydrolysis) is 1. The van der Waals surface area contributed by atoms with Crippen molar-refractivity contribution < 1.29 is 9.53 Å². The number of nitrogens with one attached hydrogen (secondary N) is 1. The molecule has 1 aromatic carbocycles. The Kier molecular flexibility index (Phi) is 4.79. The molecule has 6 heteroatoms. The molecule has 1 fully saturated rings. The number of ether oxygens (including phenoxy) is 1. The summed E-state index contributed by atoms with van der Waals surface area (Å²) in [5.74, 6) is 0.770. The molecular formula is C19H26N4O2. The molecule has 25 heavy (non-hydrogen) atoms. The van der Waals surface area contributed by atoms with Gasteiger partial charge >= 0.3 is 6.09 Å². The Labute approximate surface area is 148 Å². The first-order valence-corrected chi connectivity index (χ1v) is 8.80. The van der Waals surface area contributed by atoms with Crippen LogP contribution in [0.25, 0.3) is 10.9 Å². The van der Waals surface area contributed by atoms with Crippen molar-refractivity contribution in [2.24, 2.45) is 0 Å². The summed E-state index contributed by atoms with van der Waals surface area (Å²) in [6.07, 6.45) is 1.37. The van der Waals surface area contributed by atoms with Gasteiger partial charge < -0.3 is 15.0 Å². The minimum atomic E-state index is -0.471. The minimum absolute atomic E-state index is 0.132. The molecule has 0 aliphatic carbocycles. The van der Waals surface area contributed by atoms with Gasteiger partial charge in [0.1, 0.15) is 5.60 Å². The molecule has 0 spiro atoms. The molecule has 1 aliphatic rings. The number of aromatic nitrogens is 2. The summed E-state index contributed by atoms with van der Waals surface area (Å²) in [7, 11) is 0. The number of anilines is 1. The van der Waals surface area contributed by atoms with Gasteiger partial charge in [-0.2, -0.15) is 0 Å². The van der Waals surface area contributed by atoms with E-state index in [2.05, 4.69) is 15.2 Å². The summed E-state index contributed by atoms with van der Waals surface area (Å²) in [5, 5.41) is 4.05. The number of para-hydroxylation sites is 1. The third kappa shape index (κ3) is 4.38. The van der Waals surface area contributed by atoms with E-state index >= 15 is 0 Å². The van der Waals surface area contributed by atoms with Crippen molar-refractivity contribution in [3.8, 4) is 0 Å². The minimum Gasteiger partial charge on any atom is -0.444 e. The summed E-state index contributed by atoms with van der Waals surface area (Å²) < 4.78 is 5.33. The Bertz CT molecular complexity index is 762. The molecule has 0 unspecified atom stereocenters. The quantitative estimate of drug-likeness (QED) is 0.905.